The van der Waals surface area contributed by atoms with Gasteiger partial charge in [-0.25, -0.2) is 14.4 Å². The average Bonchev–Trinajstić information content (AvgIpc) is 2.78. The number of carbonyl (C=O) groups is 3. The summed E-state index contributed by atoms with van der Waals surface area (Å²) in [6.07, 6.45) is -2.85. The number of nitro groups is 2. The number of hydrogen-bond donors (Lipinski definition) is 1. The zero-order valence-corrected chi connectivity index (χ0v) is 28.3. The Bertz CT molecular complexity index is 1350. The molecule has 0 radical (unpaired) electrons. The van der Waals surface area contributed by atoms with E-state index in [0.717, 1.165) is 0 Å². The van der Waals surface area contributed by atoms with Crippen LogP contribution in [-0.2, 0) is 14.2 Å². The van der Waals surface area contributed by atoms with Crippen LogP contribution in [0.3, 0.4) is 0 Å². The highest BCUT2D eigenvalue weighted by molar-refractivity contribution is 9.10. The molecule has 0 heterocycles. The van der Waals surface area contributed by atoms with Crippen LogP contribution in [0.2, 0.25) is 0 Å². The fraction of sp³-hybridized carbons (Fsp3) is 0.444. The van der Waals surface area contributed by atoms with Crippen molar-refractivity contribution in [3.8, 4) is 0 Å². The summed E-state index contributed by atoms with van der Waals surface area (Å²) >= 11 is 6.26. The summed E-state index contributed by atoms with van der Waals surface area (Å²) in [6.45, 7) is 14.8. The molecular weight excluding hydrogens is 700 g/mol. The maximum atomic E-state index is 12.5. The van der Waals surface area contributed by atoms with Crippen molar-refractivity contribution in [1.82, 2.24) is 0 Å². The van der Waals surface area contributed by atoms with Gasteiger partial charge in [0.2, 0.25) is 0 Å². The molecule has 2 aromatic carbocycles. The summed E-state index contributed by atoms with van der Waals surface area (Å²) in [6, 6.07) is 8.29. The zero-order valence-electron chi connectivity index (χ0n) is 25.1. The standard InChI is InChI=1S/C16H21BrN2O6.C11H13BrN2O4/c1-15(2,3)24-13(20)18(14(21)25-16(4,5)6)11-8-7-10(17)9-12(11)19(22)23;1-11(2,3)18-10(15)13-8-5-4-7(12)6-9(8)14(16)17/h7-9H,1-6H3;4-6H,1-3H3,(H,13,15). The van der Waals surface area contributed by atoms with Gasteiger partial charge in [0.05, 0.1) is 9.85 Å². The molecular formula is C27H34Br2N4O10. The molecule has 0 unspecified atom stereocenters. The highest BCUT2D eigenvalue weighted by Gasteiger charge is 2.36. The molecule has 1 N–H and O–H groups in total. The van der Waals surface area contributed by atoms with Crippen LogP contribution in [-0.4, -0.2) is 44.9 Å². The summed E-state index contributed by atoms with van der Waals surface area (Å²) < 4.78 is 16.4. The van der Waals surface area contributed by atoms with Crippen LogP contribution in [0.5, 0.6) is 0 Å². The highest BCUT2D eigenvalue weighted by Crippen LogP contribution is 2.33. The smallest absolute Gasteiger partial charge is 0.424 e. The Morgan fingerprint density at radius 1 is 0.698 bits per heavy atom. The molecule has 0 aliphatic rings. The summed E-state index contributed by atoms with van der Waals surface area (Å²) in [5.74, 6) is 0. The van der Waals surface area contributed by atoms with Crippen LogP contribution in [0, 0.1) is 20.2 Å². The Hall–Kier alpha value is -3.79. The number of nitrogens with zero attached hydrogens (tertiary/aromatic N) is 3. The molecule has 2 aromatic rings. The monoisotopic (exact) mass is 732 g/mol. The first-order chi connectivity index (χ1) is 19.4. The van der Waals surface area contributed by atoms with Gasteiger partial charge in [-0.1, -0.05) is 31.9 Å². The molecule has 0 spiro atoms. The van der Waals surface area contributed by atoms with Crippen molar-refractivity contribution in [3.63, 3.8) is 0 Å². The second kappa shape index (κ2) is 14.6. The van der Waals surface area contributed by atoms with E-state index in [2.05, 4.69) is 37.2 Å². The Kier molecular flexibility index (Phi) is 12.6. The fourth-order valence-corrected chi connectivity index (χ4v) is 3.59. The Labute approximate surface area is 265 Å². The molecule has 0 saturated carbocycles. The summed E-state index contributed by atoms with van der Waals surface area (Å²) in [4.78, 5) is 58.0. The van der Waals surface area contributed by atoms with Crippen molar-refractivity contribution < 1.29 is 38.4 Å². The predicted molar refractivity (Wildman–Crippen MR) is 166 cm³/mol. The minimum absolute atomic E-state index is 0.0949. The lowest BCUT2D eigenvalue weighted by molar-refractivity contribution is -0.384. The van der Waals surface area contributed by atoms with Gasteiger partial charge in [-0.2, -0.15) is 4.90 Å². The number of anilines is 2. The molecule has 236 valence electrons. The molecule has 14 nitrogen and oxygen atoms in total. The van der Waals surface area contributed by atoms with Crippen LogP contribution < -0.4 is 10.2 Å². The fourth-order valence-electron chi connectivity index (χ4n) is 2.89. The maximum Gasteiger partial charge on any atom is 0.424 e. The van der Waals surface area contributed by atoms with E-state index in [1.807, 2.05) is 0 Å². The van der Waals surface area contributed by atoms with E-state index in [9.17, 15) is 34.6 Å². The Morgan fingerprint density at radius 3 is 1.49 bits per heavy atom. The van der Waals surface area contributed by atoms with E-state index >= 15 is 0 Å². The van der Waals surface area contributed by atoms with E-state index in [0.29, 0.717) is 13.8 Å². The molecule has 16 heteroatoms. The first kappa shape index (κ1) is 37.2. The lowest BCUT2D eigenvalue weighted by atomic mass is 10.2. The van der Waals surface area contributed by atoms with E-state index in [-0.39, 0.29) is 17.1 Å². The first-order valence-electron chi connectivity index (χ1n) is 12.5. The molecule has 0 aromatic heterocycles. The zero-order chi connectivity index (χ0) is 33.5. The SMILES string of the molecule is CC(C)(C)OC(=O)N(C(=O)OC(C)(C)C)c1ccc(Br)cc1[N+](=O)[O-].CC(C)(C)OC(=O)Nc1ccc(Br)cc1[N+](=O)[O-]. The predicted octanol–water partition coefficient (Wildman–Crippen LogP) is 8.74. The molecule has 0 aliphatic carbocycles. The van der Waals surface area contributed by atoms with E-state index < -0.39 is 50.6 Å². The number of imide groups is 1. The lowest BCUT2D eigenvalue weighted by Gasteiger charge is -2.28. The topological polar surface area (TPSA) is 180 Å². The number of hydrogen-bond acceptors (Lipinski definition) is 10. The van der Waals surface area contributed by atoms with E-state index in [1.54, 1.807) is 68.4 Å². The van der Waals surface area contributed by atoms with Gasteiger partial charge in [0.1, 0.15) is 28.2 Å². The number of rotatable bonds is 4. The number of benzene rings is 2. The van der Waals surface area contributed by atoms with Gasteiger partial charge in [0, 0.05) is 21.1 Å². The number of halogens is 2. The minimum atomic E-state index is -1.06. The summed E-state index contributed by atoms with van der Waals surface area (Å²) in [5.41, 5.74) is -3.24. The second-order valence-corrected chi connectivity index (χ2v) is 13.6. The van der Waals surface area contributed by atoms with Gasteiger partial charge in [-0.15, -0.1) is 0 Å². The molecule has 0 aliphatic heterocycles. The van der Waals surface area contributed by atoms with Crippen molar-refractivity contribution in [2.45, 2.75) is 79.1 Å². The lowest BCUT2D eigenvalue weighted by Crippen LogP contribution is -2.44. The number of amides is 3. The minimum Gasteiger partial charge on any atom is -0.444 e. The molecule has 0 atom stereocenters. The maximum absolute atomic E-state index is 12.5. The van der Waals surface area contributed by atoms with Crippen molar-refractivity contribution in [2.24, 2.45) is 0 Å². The van der Waals surface area contributed by atoms with Crippen LogP contribution in [0.4, 0.5) is 37.1 Å². The van der Waals surface area contributed by atoms with Gasteiger partial charge in [-0.3, -0.25) is 25.5 Å². The van der Waals surface area contributed by atoms with Crippen LogP contribution >= 0.6 is 31.9 Å². The third-order valence-electron chi connectivity index (χ3n) is 4.32. The molecule has 43 heavy (non-hydrogen) atoms. The van der Waals surface area contributed by atoms with Crippen LogP contribution in [0.1, 0.15) is 62.3 Å². The molecule has 0 saturated heterocycles. The Morgan fingerprint density at radius 2 is 1.09 bits per heavy atom. The van der Waals surface area contributed by atoms with Gasteiger partial charge in [0.15, 0.2) is 0 Å². The third-order valence-corrected chi connectivity index (χ3v) is 5.31. The first-order valence-corrected chi connectivity index (χ1v) is 14.1. The highest BCUT2D eigenvalue weighted by atomic mass is 79.9. The summed E-state index contributed by atoms with van der Waals surface area (Å²) in [7, 11) is 0. The molecule has 2 rings (SSSR count). The van der Waals surface area contributed by atoms with Crippen LogP contribution in [0.15, 0.2) is 45.3 Å². The molecule has 0 fully saturated rings. The average molecular weight is 734 g/mol. The van der Waals surface area contributed by atoms with E-state index in [1.165, 1.54) is 30.3 Å². The summed E-state index contributed by atoms with van der Waals surface area (Å²) in [5, 5.41) is 24.5. The Balaban J connectivity index is 0.000000453. The van der Waals surface area contributed by atoms with E-state index in [4.69, 9.17) is 14.2 Å². The number of nitro benzene ring substituents is 2. The molecule has 0 bridgehead atoms. The van der Waals surface area contributed by atoms with Gasteiger partial charge < -0.3 is 14.2 Å². The number of carbonyl (C=O) groups excluding carboxylic acids is 3. The van der Waals surface area contributed by atoms with Crippen molar-refractivity contribution in [2.75, 3.05) is 10.2 Å². The normalized spacial score (nSPS) is 11.3. The third kappa shape index (κ3) is 13.4. The van der Waals surface area contributed by atoms with Crippen molar-refractivity contribution in [3.05, 3.63) is 65.6 Å². The van der Waals surface area contributed by atoms with Gasteiger partial charge in [0.25, 0.3) is 11.4 Å². The molecule has 3 amide bonds. The number of nitrogens with one attached hydrogen (secondary N) is 1. The van der Waals surface area contributed by atoms with Gasteiger partial charge >= 0.3 is 18.3 Å². The van der Waals surface area contributed by atoms with Crippen LogP contribution in [0.25, 0.3) is 0 Å². The van der Waals surface area contributed by atoms with Crippen molar-refractivity contribution in [1.29, 1.82) is 0 Å². The second-order valence-electron chi connectivity index (χ2n) is 11.7. The largest absolute Gasteiger partial charge is 0.444 e. The van der Waals surface area contributed by atoms with Gasteiger partial charge in [-0.05, 0) is 86.6 Å². The van der Waals surface area contributed by atoms with Crippen molar-refractivity contribution >= 4 is 72.9 Å². The number of ether oxygens (including phenoxy) is 3. The quantitative estimate of drug-likeness (QED) is 0.181.